The van der Waals surface area contributed by atoms with Crippen molar-refractivity contribution in [3.63, 3.8) is 0 Å². The second-order valence-electron chi connectivity index (χ2n) is 6.26. The van der Waals surface area contributed by atoms with Gasteiger partial charge in [-0.3, -0.25) is 10.1 Å². The first-order valence-corrected chi connectivity index (χ1v) is 9.54. The molecule has 2 N–H and O–H groups in total. The molecule has 0 aliphatic rings. The van der Waals surface area contributed by atoms with Crippen LogP contribution in [-0.2, 0) is 9.53 Å². The van der Waals surface area contributed by atoms with Crippen LogP contribution in [0.2, 0.25) is 0 Å². The molecule has 10 heteroatoms. The van der Waals surface area contributed by atoms with Crippen molar-refractivity contribution in [2.24, 2.45) is 0 Å². The van der Waals surface area contributed by atoms with Crippen LogP contribution in [0.25, 0.3) is 10.6 Å². The topological polar surface area (TPSA) is 116 Å². The number of nitrogens with zero attached hydrogens (tertiary/aromatic N) is 1. The minimum atomic E-state index is -0.723. The lowest BCUT2D eigenvalue weighted by molar-refractivity contribution is -0.123. The van der Waals surface area contributed by atoms with Crippen LogP contribution >= 0.6 is 11.3 Å². The number of hydrogen-bond donors (Lipinski definition) is 2. The maximum atomic E-state index is 12.3. The lowest BCUT2D eigenvalue weighted by Crippen LogP contribution is -2.44. The molecule has 0 spiro atoms. The quantitative estimate of drug-likeness (QED) is 0.660. The van der Waals surface area contributed by atoms with Gasteiger partial charge in [0, 0.05) is 11.6 Å². The number of amides is 3. The first-order chi connectivity index (χ1) is 13.7. The van der Waals surface area contributed by atoms with E-state index < -0.39 is 24.5 Å². The Morgan fingerprint density at radius 2 is 1.83 bits per heavy atom. The van der Waals surface area contributed by atoms with Gasteiger partial charge in [-0.2, -0.15) is 0 Å². The maximum Gasteiger partial charge on any atom is 0.350 e. The highest BCUT2D eigenvalue weighted by molar-refractivity contribution is 7.17. The van der Waals surface area contributed by atoms with Gasteiger partial charge in [0.05, 0.1) is 19.9 Å². The molecule has 0 aliphatic carbocycles. The third-order valence-electron chi connectivity index (χ3n) is 3.62. The number of imide groups is 1. The molecule has 0 atom stereocenters. The number of aromatic nitrogens is 1. The van der Waals surface area contributed by atoms with Crippen molar-refractivity contribution in [1.29, 1.82) is 0 Å². The second-order valence-corrected chi connectivity index (χ2v) is 7.25. The molecule has 2 aromatic rings. The van der Waals surface area contributed by atoms with Crippen molar-refractivity contribution < 1.29 is 28.6 Å². The van der Waals surface area contributed by atoms with Gasteiger partial charge in [-0.05, 0) is 39.0 Å². The van der Waals surface area contributed by atoms with Gasteiger partial charge in [0.2, 0.25) is 0 Å². The summed E-state index contributed by atoms with van der Waals surface area (Å²) in [4.78, 5) is 40.2. The molecule has 0 fully saturated rings. The monoisotopic (exact) mass is 421 g/mol. The van der Waals surface area contributed by atoms with Crippen LogP contribution in [0, 0.1) is 6.92 Å². The predicted molar refractivity (Wildman–Crippen MR) is 107 cm³/mol. The van der Waals surface area contributed by atoms with Crippen molar-refractivity contribution in [2.75, 3.05) is 20.8 Å². The molecule has 3 amide bonds. The van der Waals surface area contributed by atoms with Crippen molar-refractivity contribution in [2.45, 2.75) is 26.8 Å². The molecule has 1 aromatic heterocycles. The molecule has 0 aliphatic heterocycles. The van der Waals surface area contributed by atoms with Crippen LogP contribution in [0.3, 0.4) is 0 Å². The number of hydrogen-bond acceptors (Lipinski definition) is 8. The van der Waals surface area contributed by atoms with Gasteiger partial charge in [0.1, 0.15) is 9.88 Å². The molecular formula is C19H23N3O6S. The van der Waals surface area contributed by atoms with Crippen LogP contribution in [-0.4, -0.2) is 49.8 Å². The van der Waals surface area contributed by atoms with Gasteiger partial charge >= 0.3 is 12.0 Å². The molecule has 156 valence electrons. The molecular weight excluding hydrogens is 398 g/mol. The molecule has 0 saturated carbocycles. The predicted octanol–water partition coefficient (Wildman–Crippen LogP) is 2.53. The Labute approximate surface area is 172 Å². The molecule has 29 heavy (non-hydrogen) atoms. The summed E-state index contributed by atoms with van der Waals surface area (Å²) in [5, 5.41) is 5.18. The highest BCUT2D eigenvalue weighted by atomic mass is 32.1. The summed E-state index contributed by atoms with van der Waals surface area (Å²) in [6.45, 7) is 4.61. The van der Waals surface area contributed by atoms with Crippen LogP contribution in [0.15, 0.2) is 18.2 Å². The smallest absolute Gasteiger partial charge is 0.350 e. The van der Waals surface area contributed by atoms with Gasteiger partial charge in [0.25, 0.3) is 5.91 Å². The summed E-state index contributed by atoms with van der Waals surface area (Å²) < 4.78 is 15.5. The van der Waals surface area contributed by atoms with E-state index in [1.165, 1.54) is 7.11 Å². The largest absolute Gasteiger partial charge is 0.493 e. The van der Waals surface area contributed by atoms with E-state index in [0.717, 1.165) is 16.9 Å². The number of aryl methyl sites for hydroxylation is 1. The molecule has 0 unspecified atom stereocenters. The van der Waals surface area contributed by atoms with Gasteiger partial charge < -0.3 is 19.5 Å². The average Bonchev–Trinajstić information content (AvgIpc) is 3.06. The summed E-state index contributed by atoms with van der Waals surface area (Å²) in [5.74, 6) is -0.292. The third-order valence-corrected chi connectivity index (χ3v) is 4.81. The summed E-state index contributed by atoms with van der Waals surface area (Å²) in [6.07, 6.45) is 0. The minimum absolute atomic E-state index is 0.125. The van der Waals surface area contributed by atoms with Crippen molar-refractivity contribution in [3.8, 4) is 22.1 Å². The number of thiazole rings is 1. The number of carbonyl (C=O) groups excluding carboxylic acids is 3. The van der Waals surface area contributed by atoms with E-state index in [1.807, 2.05) is 0 Å². The SMILES string of the molecule is COc1ccc(-c2nc(C)c(C(=O)OCC(=O)NC(=O)NC(C)C)s2)cc1OC. The lowest BCUT2D eigenvalue weighted by atomic mass is 10.2. The first-order valence-electron chi connectivity index (χ1n) is 8.72. The Morgan fingerprint density at radius 3 is 2.45 bits per heavy atom. The summed E-state index contributed by atoms with van der Waals surface area (Å²) in [6, 6.07) is 4.53. The number of ether oxygens (including phenoxy) is 3. The standard InChI is InChI=1S/C19H23N3O6S/c1-10(2)20-19(25)22-15(23)9-28-18(24)16-11(3)21-17(29-16)12-6-7-13(26-4)14(8-12)27-5/h6-8,10H,9H2,1-5H3,(H2,20,22,23,25). The zero-order chi connectivity index (χ0) is 21.6. The molecule has 0 bridgehead atoms. The van der Waals surface area contributed by atoms with Crippen LogP contribution in [0.4, 0.5) is 4.79 Å². The Balaban J connectivity index is 2.05. The van der Waals surface area contributed by atoms with E-state index in [9.17, 15) is 14.4 Å². The summed E-state index contributed by atoms with van der Waals surface area (Å²) >= 11 is 1.13. The molecule has 0 radical (unpaired) electrons. The minimum Gasteiger partial charge on any atom is -0.493 e. The number of carbonyl (C=O) groups is 3. The van der Waals surface area contributed by atoms with Gasteiger partial charge in [0.15, 0.2) is 18.1 Å². The molecule has 0 saturated heterocycles. The highest BCUT2D eigenvalue weighted by Gasteiger charge is 2.20. The van der Waals surface area contributed by atoms with E-state index in [-0.39, 0.29) is 10.9 Å². The molecule has 2 rings (SSSR count). The van der Waals surface area contributed by atoms with Crippen LogP contribution < -0.4 is 20.1 Å². The van der Waals surface area contributed by atoms with Crippen LogP contribution in [0.5, 0.6) is 11.5 Å². The van der Waals surface area contributed by atoms with Gasteiger partial charge in [-0.1, -0.05) is 0 Å². The fourth-order valence-electron chi connectivity index (χ4n) is 2.34. The molecule has 1 heterocycles. The number of esters is 1. The maximum absolute atomic E-state index is 12.3. The van der Waals surface area contributed by atoms with E-state index in [4.69, 9.17) is 14.2 Å². The first kappa shape index (κ1) is 22.2. The fraction of sp³-hybridized carbons (Fsp3) is 0.368. The van der Waals surface area contributed by atoms with E-state index >= 15 is 0 Å². The Morgan fingerprint density at radius 1 is 1.14 bits per heavy atom. The summed E-state index contributed by atoms with van der Waals surface area (Å²) in [7, 11) is 3.08. The Bertz CT molecular complexity index is 909. The number of rotatable bonds is 7. The number of urea groups is 1. The highest BCUT2D eigenvalue weighted by Crippen LogP contribution is 2.35. The molecule has 1 aromatic carbocycles. The number of methoxy groups -OCH3 is 2. The zero-order valence-electron chi connectivity index (χ0n) is 16.8. The van der Waals surface area contributed by atoms with Gasteiger partial charge in [-0.25, -0.2) is 14.6 Å². The zero-order valence-corrected chi connectivity index (χ0v) is 17.6. The Kier molecular flexibility index (Phi) is 7.54. The average molecular weight is 421 g/mol. The van der Waals surface area contributed by atoms with E-state index in [0.29, 0.717) is 22.2 Å². The number of nitrogens with one attached hydrogen (secondary N) is 2. The summed E-state index contributed by atoms with van der Waals surface area (Å²) in [5.41, 5.74) is 1.22. The molecule has 9 nitrogen and oxygen atoms in total. The van der Waals surface area contributed by atoms with Crippen LogP contribution in [0.1, 0.15) is 29.2 Å². The van der Waals surface area contributed by atoms with Crippen molar-refractivity contribution >= 4 is 29.2 Å². The Hall–Kier alpha value is -3.14. The lowest BCUT2D eigenvalue weighted by Gasteiger charge is -2.09. The second kappa shape index (κ2) is 9.87. The van der Waals surface area contributed by atoms with Crippen molar-refractivity contribution in [1.82, 2.24) is 15.6 Å². The normalized spacial score (nSPS) is 10.4. The van der Waals surface area contributed by atoms with E-state index in [2.05, 4.69) is 15.6 Å². The van der Waals surface area contributed by atoms with Gasteiger partial charge in [-0.15, -0.1) is 11.3 Å². The van der Waals surface area contributed by atoms with Crippen molar-refractivity contribution in [3.05, 3.63) is 28.8 Å². The third kappa shape index (κ3) is 5.92. The number of benzene rings is 1. The van der Waals surface area contributed by atoms with E-state index in [1.54, 1.807) is 46.1 Å². The fourth-order valence-corrected chi connectivity index (χ4v) is 3.29.